The van der Waals surface area contributed by atoms with E-state index in [4.69, 9.17) is 11.6 Å². The van der Waals surface area contributed by atoms with Gasteiger partial charge in [-0.2, -0.15) is 0 Å². The lowest BCUT2D eigenvalue weighted by molar-refractivity contribution is 0.825. The molecule has 94 valence electrons. The smallest absolute Gasteiger partial charge is 0.132 e. The average molecular weight is 261 g/mol. The molecule has 1 heterocycles. The summed E-state index contributed by atoms with van der Waals surface area (Å²) in [5.74, 6) is 1.36. The standard InChI is InChI=1S/C15H17ClN2/c1-2-6-14-13(10-16)11-17-15(18-14)9-12-7-4-3-5-8-12/h3-5,7-8,11H,2,6,9-10H2,1H3. The summed E-state index contributed by atoms with van der Waals surface area (Å²) in [7, 11) is 0. The maximum absolute atomic E-state index is 5.90. The van der Waals surface area contributed by atoms with Gasteiger partial charge >= 0.3 is 0 Å². The highest BCUT2D eigenvalue weighted by atomic mass is 35.5. The number of hydrogen-bond acceptors (Lipinski definition) is 2. The summed E-state index contributed by atoms with van der Waals surface area (Å²) in [6, 6.07) is 10.3. The minimum atomic E-state index is 0.487. The van der Waals surface area contributed by atoms with Gasteiger partial charge in [0.1, 0.15) is 5.82 Å². The highest BCUT2D eigenvalue weighted by Crippen LogP contribution is 2.13. The van der Waals surface area contributed by atoms with Crippen molar-refractivity contribution in [2.75, 3.05) is 0 Å². The first-order valence-electron chi connectivity index (χ1n) is 6.27. The Morgan fingerprint density at radius 3 is 2.61 bits per heavy atom. The Morgan fingerprint density at radius 1 is 1.17 bits per heavy atom. The van der Waals surface area contributed by atoms with Gasteiger partial charge in [0, 0.05) is 23.9 Å². The number of aromatic nitrogens is 2. The Bertz CT molecular complexity index is 497. The molecule has 0 aliphatic rings. The molecule has 18 heavy (non-hydrogen) atoms. The van der Waals surface area contributed by atoms with Crippen LogP contribution in [0.15, 0.2) is 36.5 Å². The van der Waals surface area contributed by atoms with Gasteiger partial charge in [-0.1, -0.05) is 43.7 Å². The molecule has 0 fully saturated rings. The van der Waals surface area contributed by atoms with E-state index in [2.05, 4.69) is 29.0 Å². The number of alkyl halides is 1. The Labute approximate surface area is 113 Å². The van der Waals surface area contributed by atoms with Gasteiger partial charge in [0.2, 0.25) is 0 Å². The molecule has 3 heteroatoms. The van der Waals surface area contributed by atoms with E-state index < -0.39 is 0 Å². The number of rotatable bonds is 5. The zero-order chi connectivity index (χ0) is 12.8. The van der Waals surface area contributed by atoms with Crippen LogP contribution in [0.4, 0.5) is 0 Å². The van der Waals surface area contributed by atoms with Crippen LogP contribution >= 0.6 is 11.6 Å². The first-order valence-corrected chi connectivity index (χ1v) is 6.80. The summed E-state index contributed by atoms with van der Waals surface area (Å²) < 4.78 is 0. The van der Waals surface area contributed by atoms with Gasteiger partial charge in [0.05, 0.1) is 5.88 Å². The van der Waals surface area contributed by atoms with Crippen LogP contribution < -0.4 is 0 Å². The van der Waals surface area contributed by atoms with Crippen molar-refractivity contribution in [3.63, 3.8) is 0 Å². The normalized spacial score (nSPS) is 10.6. The van der Waals surface area contributed by atoms with E-state index in [-0.39, 0.29) is 0 Å². The fourth-order valence-electron chi connectivity index (χ4n) is 1.91. The Balaban J connectivity index is 2.21. The molecule has 0 aliphatic carbocycles. The third-order valence-electron chi connectivity index (χ3n) is 2.84. The summed E-state index contributed by atoms with van der Waals surface area (Å²) in [4.78, 5) is 9.03. The summed E-state index contributed by atoms with van der Waals surface area (Å²) in [6.45, 7) is 2.15. The maximum atomic E-state index is 5.90. The molecule has 0 saturated carbocycles. The minimum absolute atomic E-state index is 0.487. The molecule has 0 aliphatic heterocycles. The molecule has 0 amide bonds. The zero-order valence-electron chi connectivity index (χ0n) is 10.6. The molecule has 0 atom stereocenters. The SMILES string of the molecule is CCCc1nc(Cc2ccccc2)ncc1CCl. The fourth-order valence-corrected chi connectivity index (χ4v) is 2.14. The van der Waals surface area contributed by atoms with Crippen LogP contribution in [0, 0.1) is 0 Å². The number of aryl methyl sites for hydroxylation is 1. The molecular weight excluding hydrogens is 244 g/mol. The lowest BCUT2D eigenvalue weighted by Crippen LogP contribution is -2.04. The minimum Gasteiger partial charge on any atom is -0.241 e. The van der Waals surface area contributed by atoms with E-state index >= 15 is 0 Å². The van der Waals surface area contributed by atoms with Crippen molar-refractivity contribution in [3.05, 3.63) is 59.2 Å². The zero-order valence-corrected chi connectivity index (χ0v) is 11.3. The van der Waals surface area contributed by atoms with Crippen molar-refractivity contribution in [1.29, 1.82) is 0 Å². The van der Waals surface area contributed by atoms with Gasteiger partial charge < -0.3 is 0 Å². The van der Waals surface area contributed by atoms with Crippen LogP contribution in [-0.2, 0) is 18.7 Å². The summed E-state index contributed by atoms with van der Waals surface area (Å²) in [5.41, 5.74) is 3.38. The van der Waals surface area contributed by atoms with Crippen LogP contribution in [0.3, 0.4) is 0 Å². The maximum Gasteiger partial charge on any atom is 0.132 e. The second-order valence-electron chi connectivity index (χ2n) is 4.30. The van der Waals surface area contributed by atoms with Gasteiger partial charge in [-0.15, -0.1) is 11.6 Å². The van der Waals surface area contributed by atoms with Crippen LogP contribution in [0.5, 0.6) is 0 Å². The van der Waals surface area contributed by atoms with Crippen molar-refractivity contribution in [1.82, 2.24) is 9.97 Å². The highest BCUT2D eigenvalue weighted by molar-refractivity contribution is 6.17. The molecule has 2 aromatic rings. The van der Waals surface area contributed by atoms with Gasteiger partial charge in [-0.3, -0.25) is 0 Å². The molecule has 0 bridgehead atoms. The van der Waals surface area contributed by atoms with Crippen LogP contribution in [-0.4, -0.2) is 9.97 Å². The molecule has 1 aromatic heterocycles. The van der Waals surface area contributed by atoms with Crippen molar-refractivity contribution in [2.45, 2.75) is 32.1 Å². The third kappa shape index (κ3) is 3.30. The number of benzene rings is 1. The predicted molar refractivity (Wildman–Crippen MR) is 74.8 cm³/mol. The second kappa shape index (κ2) is 6.50. The monoisotopic (exact) mass is 260 g/mol. The van der Waals surface area contributed by atoms with Crippen molar-refractivity contribution in [3.8, 4) is 0 Å². The van der Waals surface area contributed by atoms with Gasteiger partial charge in [-0.05, 0) is 12.0 Å². The molecular formula is C15H17ClN2. The van der Waals surface area contributed by atoms with Crippen LogP contribution in [0.1, 0.15) is 36.0 Å². The highest BCUT2D eigenvalue weighted by Gasteiger charge is 2.06. The molecule has 0 unspecified atom stereocenters. The van der Waals surface area contributed by atoms with Crippen molar-refractivity contribution >= 4 is 11.6 Å². The fraction of sp³-hybridized carbons (Fsp3) is 0.333. The first kappa shape index (κ1) is 13.0. The topological polar surface area (TPSA) is 25.8 Å². The average Bonchev–Trinajstić information content (AvgIpc) is 2.41. The van der Waals surface area contributed by atoms with Crippen molar-refractivity contribution < 1.29 is 0 Å². The lowest BCUT2D eigenvalue weighted by Gasteiger charge is -2.07. The largest absolute Gasteiger partial charge is 0.241 e. The van der Waals surface area contributed by atoms with Crippen molar-refractivity contribution in [2.24, 2.45) is 0 Å². The Morgan fingerprint density at radius 2 is 1.94 bits per heavy atom. The van der Waals surface area contributed by atoms with E-state index in [1.54, 1.807) is 0 Å². The molecule has 2 rings (SSSR count). The summed E-state index contributed by atoms with van der Waals surface area (Å²) >= 11 is 5.90. The summed E-state index contributed by atoms with van der Waals surface area (Å²) in [5, 5.41) is 0. The van der Waals surface area contributed by atoms with E-state index in [0.717, 1.165) is 36.3 Å². The quantitative estimate of drug-likeness (QED) is 0.765. The van der Waals surface area contributed by atoms with Gasteiger partial charge in [-0.25, -0.2) is 9.97 Å². The molecule has 0 saturated heterocycles. The van der Waals surface area contributed by atoms with E-state index in [1.165, 1.54) is 5.56 Å². The molecule has 0 radical (unpaired) electrons. The molecule has 1 aromatic carbocycles. The van der Waals surface area contributed by atoms with E-state index in [9.17, 15) is 0 Å². The van der Waals surface area contributed by atoms with E-state index in [0.29, 0.717) is 5.88 Å². The second-order valence-corrected chi connectivity index (χ2v) is 4.57. The van der Waals surface area contributed by atoms with Gasteiger partial charge in [0.25, 0.3) is 0 Å². The third-order valence-corrected chi connectivity index (χ3v) is 3.13. The van der Waals surface area contributed by atoms with Gasteiger partial charge in [0.15, 0.2) is 0 Å². The van der Waals surface area contributed by atoms with E-state index in [1.807, 2.05) is 24.4 Å². The molecule has 0 N–H and O–H groups in total. The predicted octanol–water partition coefficient (Wildman–Crippen LogP) is 3.76. The molecule has 0 spiro atoms. The molecule has 2 nitrogen and oxygen atoms in total. The number of hydrogen-bond donors (Lipinski definition) is 0. The summed E-state index contributed by atoms with van der Waals surface area (Å²) in [6.07, 6.45) is 4.68. The number of nitrogens with zero attached hydrogens (tertiary/aromatic N) is 2. The Kier molecular flexibility index (Phi) is 4.71. The van der Waals surface area contributed by atoms with Crippen LogP contribution in [0.2, 0.25) is 0 Å². The van der Waals surface area contributed by atoms with Crippen LogP contribution in [0.25, 0.3) is 0 Å². The number of halogens is 1. The lowest BCUT2D eigenvalue weighted by atomic mass is 10.1. The first-order chi connectivity index (χ1) is 8.83. The Hall–Kier alpha value is -1.41.